The van der Waals surface area contributed by atoms with Crippen LogP contribution < -0.4 is 11.1 Å². The van der Waals surface area contributed by atoms with Crippen LogP contribution in [0, 0.1) is 0 Å². The van der Waals surface area contributed by atoms with Crippen molar-refractivity contribution in [2.75, 3.05) is 11.1 Å². The lowest BCUT2D eigenvalue weighted by atomic mass is 10.1. The molecule has 9 heteroatoms. The maximum absolute atomic E-state index is 12.9. The van der Waals surface area contributed by atoms with Gasteiger partial charge in [0.05, 0.1) is 27.3 Å². The highest BCUT2D eigenvalue weighted by Crippen LogP contribution is 2.32. The summed E-state index contributed by atoms with van der Waals surface area (Å²) in [5, 5.41) is 14.2. The first kappa shape index (κ1) is 22.3. The van der Waals surface area contributed by atoms with Crippen molar-refractivity contribution in [3.05, 3.63) is 93.8 Å². The van der Waals surface area contributed by atoms with Gasteiger partial charge in [-0.25, -0.2) is 0 Å². The van der Waals surface area contributed by atoms with E-state index in [-0.39, 0.29) is 5.91 Å². The van der Waals surface area contributed by atoms with E-state index in [9.17, 15) is 4.79 Å². The number of halogens is 1. The van der Waals surface area contributed by atoms with Crippen molar-refractivity contribution in [3.63, 3.8) is 0 Å². The normalized spacial score (nSPS) is 11.0. The van der Waals surface area contributed by atoms with E-state index in [0.29, 0.717) is 22.8 Å². The number of thiophene rings is 2. The lowest BCUT2D eigenvalue weighted by Crippen LogP contribution is -2.11. The van der Waals surface area contributed by atoms with Crippen molar-refractivity contribution in [3.8, 4) is 21.0 Å². The van der Waals surface area contributed by atoms with Gasteiger partial charge >= 0.3 is 0 Å². The molecule has 0 aliphatic carbocycles. The largest absolute Gasteiger partial charge is 0.397 e. The van der Waals surface area contributed by atoms with E-state index < -0.39 is 0 Å². The van der Waals surface area contributed by atoms with Gasteiger partial charge in [0.2, 0.25) is 0 Å². The summed E-state index contributed by atoms with van der Waals surface area (Å²) in [7, 11) is 0. The van der Waals surface area contributed by atoms with Crippen LogP contribution >= 0.6 is 34.3 Å². The van der Waals surface area contributed by atoms with Gasteiger partial charge in [-0.3, -0.25) is 9.48 Å². The monoisotopic (exact) mass is 505 g/mol. The molecule has 0 atom stereocenters. The number of hydrogen-bond acceptors (Lipinski definition) is 6. The van der Waals surface area contributed by atoms with Crippen molar-refractivity contribution >= 4 is 51.6 Å². The number of carbonyl (C=O) groups is 1. The van der Waals surface area contributed by atoms with E-state index in [2.05, 4.69) is 15.6 Å². The van der Waals surface area contributed by atoms with E-state index in [1.54, 1.807) is 22.1 Å². The molecule has 0 fully saturated rings. The van der Waals surface area contributed by atoms with Gasteiger partial charge in [0.1, 0.15) is 5.69 Å². The molecule has 1 amide bonds. The topological polar surface area (TPSA) is 85.8 Å². The van der Waals surface area contributed by atoms with Gasteiger partial charge in [-0.1, -0.05) is 41.1 Å². The second kappa shape index (κ2) is 9.80. The van der Waals surface area contributed by atoms with Crippen LogP contribution in [-0.4, -0.2) is 20.9 Å². The molecule has 34 heavy (non-hydrogen) atoms. The third-order valence-corrected chi connectivity index (χ3v) is 7.55. The van der Waals surface area contributed by atoms with Gasteiger partial charge in [-0.15, -0.1) is 27.8 Å². The number of benzene rings is 2. The molecule has 3 N–H and O–H groups in total. The minimum atomic E-state index is -0.207. The van der Waals surface area contributed by atoms with Crippen LogP contribution in [0.3, 0.4) is 0 Å². The number of nitrogens with zero attached hydrogens (tertiary/aromatic N) is 3. The summed E-state index contributed by atoms with van der Waals surface area (Å²) in [6.45, 7) is 0.702. The zero-order valence-electron chi connectivity index (χ0n) is 17.9. The van der Waals surface area contributed by atoms with Crippen LogP contribution in [0.25, 0.3) is 21.0 Å². The summed E-state index contributed by atoms with van der Waals surface area (Å²) in [5.41, 5.74) is 10.2. The van der Waals surface area contributed by atoms with Gasteiger partial charge in [0.15, 0.2) is 0 Å². The van der Waals surface area contributed by atoms with E-state index in [4.69, 9.17) is 17.3 Å². The Kier molecular flexibility index (Phi) is 6.44. The fraction of sp³-hybridized carbons (Fsp3) is 0.0800. The van der Waals surface area contributed by atoms with E-state index >= 15 is 0 Å². The van der Waals surface area contributed by atoms with Crippen molar-refractivity contribution in [1.29, 1.82) is 0 Å². The number of hydrogen-bond donors (Lipinski definition) is 2. The number of aryl methyl sites for hydroxylation is 2. The summed E-state index contributed by atoms with van der Waals surface area (Å²) < 4.78 is 1.81. The van der Waals surface area contributed by atoms with Gasteiger partial charge < -0.3 is 11.1 Å². The molecule has 3 aromatic heterocycles. The zero-order chi connectivity index (χ0) is 23.5. The molecular weight excluding hydrogens is 486 g/mol. The highest BCUT2D eigenvalue weighted by molar-refractivity contribution is 7.17. The molecule has 3 heterocycles. The Balaban J connectivity index is 1.26. The molecule has 0 saturated carbocycles. The molecule has 0 spiro atoms. The molecule has 0 aliphatic heterocycles. The fourth-order valence-corrected chi connectivity index (χ4v) is 5.16. The number of nitrogens with two attached hydrogens (primary N) is 1. The molecule has 2 aromatic carbocycles. The molecule has 6 nitrogen and oxygen atoms in total. The zero-order valence-corrected chi connectivity index (χ0v) is 20.3. The lowest BCUT2D eigenvalue weighted by molar-refractivity contribution is 0.103. The number of carbonyl (C=O) groups excluding carboxylic acids is 1. The van der Waals surface area contributed by atoms with Crippen LogP contribution in [-0.2, 0) is 13.0 Å². The van der Waals surface area contributed by atoms with Gasteiger partial charge in [-0.2, -0.15) is 0 Å². The molecule has 0 unspecified atom stereocenters. The Morgan fingerprint density at radius 3 is 2.71 bits per heavy atom. The van der Waals surface area contributed by atoms with E-state index in [1.807, 2.05) is 72.2 Å². The van der Waals surface area contributed by atoms with E-state index in [1.165, 1.54) is 16.9 Å². The first-order chi connectivity index (χ1) is 16.5. The number of nitrogen functional groups attached to an aromatic ring is 1. The first-order valence-electron chi connectivity index (χ1n) is 10.5. The average Bonchev–Trinajstić information content (AvgIpc) is 3.61. The highest BCUT2D eigenvalue weighted by Gasteiger charge is 2.14. The Hall–Kier alpha value is -3.46. The van der Waals surface area contributed by atoms with Crippen LogP contribution in [0.15, 0.2) is 78.3 Å². The maximum Gasteiger partial charge on any atom is 0.265 e. The fourth-order valence-electron chi connectivity index (χ4n) is 3.46. The summed E-state index contributed by atoms with van der Waals surface area (Å²) in [6, 6.07) is 21.2. The Bertz CT molecular complexity index is 1420. The standard InChI is InChI=1S/C25H20ClN5OS2/c26-18-6-3-16(4-7-18)11-12-31-15-21(29-30-31)23-9-10-24(34-23)25(32)28-20-14-17(5-8-19(20)27)22-2-1-13-33-22/h1-10,13-15H,11-12,27H2,(H,28,32). The van der Waals surface area contributed by atoms with Crippen LogP contribution in [0.2, 0.25) is 5.02 Å². The van der Waals surface area contributed by atoms with Crippen molar-refractivity contribution < 1.29 is 4.79 Å². The minimum Gasteiger partial charge on any atom is -0.397 e. The van der Waals surface area contributed by atoms with Gasteiger partial charge in [-0.05, 0) is 65.4 Å². The number of anilines is 2. The Morgan fingerprint density at radius 2 is 1.91 bits per heavy atom. The molecule has 0 saturated heterocycles. The van der Waals surface area contributed by atoms with Gasteiger partial charge in [0, 0.05) is 16.4 Å². The smallest absolute Gasteiger partial charge is 0.265 e. The number of rotatable bonds is 7. The molecular formula is C25H20ClN5OS2. The number of amides is 1. The predicted molar refractivity (Wildman–Crippen MR) is 141 cm³/mol. The molecule has 0 radical (unpaired) electrons. The third kappa shape index (κ3) is 5.04. The first-order valence-corrected chi connectivity index (χ1v) is 12.6. The quantitative estimate of drug-likeness (QED) is 0.248. The van der Waals surface area contributed by atoms with Crippen molar-refractivity contribution in [2.24, 2.45) is 0 Å². The molecule has 5 rings (SSSR count). The van der Waals surface area contributed by atoms with Crippen LogP contribution in [0.4, 0.5) is 11.4 Å². The molecule has 0 bridgehead atoms. The molecule has 5 aromatic rings. The maximum atomic E-state index is 12.9. The Morgan fingerprint density at radius 1 is 1.06 bits per heavy atom. The van der Waals surface area contributed by atoms with E-state index in [0.717, 1.165) is 32.5 Å². The minimum absolute atomic E-state index is 0.207. The van der Waals surface area contributed by atoms with Crippen molar-refractivity contribution in [2.45, 2.75) is 13.0 Å². The second-order valence-electron chi connectivity index (χ2n) is 7.64. The van der Waals surface area contributed by atoms with Crippen molar-refractivity contribution in [1.82, 2.24) is 15.0 Å². The van der Waals surface area contributed by atoms with Gasteiger partial charge in [0.25, 0.3) is 5.91 Å². The highest BCUT2D eigenvalue weighted by atomic mass is 35.5. The average molecular weight is 506 g/mol. The third-order valence-electron chi connectivity index (χ3n) is 5.27. The molecule has 170 valence electrons. The molecule has 0 aliphatic rings. The second-order valence-corrected chi connectivity index (χ2v) is 10.1. The predicted octanol–water partition coefficient (Wildman–Crippen LogP) is 6.47. The SMILES string of the molecule is Nc1ccc(-c2cccs2)cc1NC(=O)c1ccc(-c2cn(CCc3ccc(Cl)cc3)nn2)s1. The van der Waals surface area contributed by atoms with Crippen LogP contribution in [0.5, 0.6) is 0 Å². The lowest BCUT2D eigenvalue weighted by Gasteiger charge is -2.09. The number of aromatic nitrogens is 3. The summed E-state index contributed by atoms with van der Waals surface area (Å²) in [6.07, 6.45) is 2.72. The summed E-state index contributed by atoms with van der Waals surface area (Å²) >= 11 is 8.95. The Labute approximate surface area is 209 Å². The van der Waals surface area contributed by atoms with Crippen LogP contribution in [0.1, 0.15) is 15.2 Å². The summed E-state index contributed by atoms with van der Waals surface area (Å²) in [5.74, 6) is -0.207. The summed E-state index contributed by atoms with van der Waals surface area (Å²) in [4.78, 5) is 15.5. The number of nitrogens with one attached hydrogen (secondary N) is 1.